The van der Waals surface area contributed by atoms with Crippen molar-refractivity contribution >= 4 is 11.8 Å². The fraction of sp³-hybridized carbons (Fsp3) is 0.190. The number of nitrogens with one attached hydrogen (secondary N) is 1. The van der Waals surface area contributed by atoms with Crippen molar-refractivity contribution in [3.63, 3.8) is 0 Å². The third-order valence-corrected chi connectivity index (χ3v) is 4.64. The van der Waals surface area contributed by atoms with Gasteiger partial charge < -0.3 is 14.5 Å². The number of halogens is 1. The zero-order valence-corrected chi connectivity index (χ0v) is 16.7. The molecule has 2 aromatic carbocycles. The van der Waals surface area contributed by atoms with Crippen molar-refractivity contribution < 1.29 is 13.9 Å². The normalized spacial score (nSPS) is 10.4. The molecule has 0 aliphatic rings. The number of benzene rings is 2. The van der Waals surface area contributed by atoms with Crippen LogP contribution in [0.25, 0.3) is 11.3 Å². The van der Waals surface area contributed by atoms with Crippen LogP contribution < -0.4 is 15.0 Å². The van der Waals surface area contributed by atoms with Gasteiger partial charge in [-0.2, -0.15) is 5.26 Å². The standard InChI is InChI=1S/C21H18FN3O3S/c1-3-27-18-10-13(19-15(11-23)20(26)25-21(24-19)29-2)8-9-17(18)28-12-14-6-4-5-7-16(14)22/h4-10H,3,12H2,1-2H3,(H,24,25,26). The molecule has 1 N–H and O–H groups in total. The average Bonchev–Trinajstić information content (AvgIpc) is 2.73. The molecular weight excluding hydrogens is 393 g/mol. The lowest BCUT2D eigenvalue weighted by Gasteiger charge is -2.14. The average molecular weight is 411 g/mol. The second-order valence-electron chi connectivity index (χ2n) is 5.89. The Bertz CT molecular complexity index is 1120. The number of aromatic amines is 1. The van der Waals surface area contributed by atoms with Gasteiger partial charge in [-0.05, 0) is 37.4 Å². The quantitative estimate of drug-likeness (QED) is 0.464. The van der Waals surface area contributed by atoms with Gasteiger partial charge >= 0.3 is 0 Å². The minimum atomic E-state index is -0.500. The van der Waals surface area contributed by atoms with Crippen LogP contribution >= 0.6 is 11.8 Å². The maximum atomic E-state index is 13.8. The lowest BCUT2D eigenvalue weighted by atomic mass is 10.1. The molecule has 0 saturated heterocycles. The molecule has 6 nitrogen and oxygen atoms in total. The lowest BCUT2D eigenvalue weighted by Crippen LogP contribution is -2.14. The summed E-state index contributed by atoms with van der Waals surface area (Å²) < 4.78 is 25.2. The summed E-state index contributed by atoms with van der Waals surface area (Å²) in [6.45, 7) is 2.24. The smallest absolute Gasteiger partial charge is 0.270 e. The first-order valence-electron chi connectivity index (χ1n) is 8.79. The Kier molecular flexibility index (Phi) is 6.52. The zero-order valence-electron chi connectivity index (χ0n) is 15.9. The molecule has 3 rings (SSSR count). The third kappa shape index (κ3) is 4.58. The van der Waals surface area contributed by atoms with Crippen LogP contribution in [0.15, 0.2) is 52.4 Å². The number of nitrogens with zero attached hydrogens (tertiary/aromatic N) is 2. The molecule has 0 atom stereocenters. The number of aromatic nitrogens is 2. The van der Waals surface area contributed by atoms with E-state index in [0.717, 1.165) is 0 Å². The van der Waals surface area contributed by atoms with Crippen LogP contribution in [0.5, 0.6) is 11.5 Å². The van der Waals surface area contributed by atoms with E-state index in [1.807, 2.05) is 13.0 Å². The van der Waals surface area contributed by atoms with Gasteiger partial charge in [0.1, 0.15) is 24.1 Å². The molecule has 0 fully saturated rings. The first-order chi connectivity index (χ1) is 14.1. The highest BCUT2D eigenvalue weighted by Crippen LogP contribution is 2.33. The number of H-pyrrole nitrogens is 1. The van der Waals surface area contributed by atoms with Crippen LogP contribution in [0.4, 0.5) is 4.39 Å². The van der Waals surface area contributed by atoms with E-state index >= 15 is 0 Å². The largest absolute Gasteiger partial charge is 0.490 e. The predicted octanol–water partition coefficient (Wildman–Crippen LogP) is 4.15. The van der Waals surface area contributed by atoms with Crippen molar-refractivity contribution in [2.24, 2.45) is 0 Å². The van der Waals surface area contributed by atoms with Crippen LogP contribution in [0, 0.1) is 17.1 Å². The summed E-state index contributed by atoms with van der Waals surface area (Å²) in [7, 11) is 0. The Labute approximate surface area is 171 Å². The van der Waals surface area contributed by atoms with Crippen molar-refractivity contribution in [3.05, 3.63) is 69.8 Å². The van der Waals surface area contributed by atoms with Crippen molar-refractivity contribution in [2.75, 3.05) is 12.9 Å². The number of rotatable bonds is 7. The van der Waals surface area contributed by atoms with Crippen molar-refractivity contribution in [1.82, 2.24) is 9.97 Å². The van der Waals surface area contributed by atoms with E-state index in [0.29, 0.717) is 34.4 Å². The predicted molar refractivity (Wildman–Crippen MR) is 109 cm³/mol. The van der Waals surface area contributed by atoms with E-state index in [4.69, 9.17) is 9.47 Å². The second-order valence-corrected chi connectivity index (χ2v) is 6.68. The summed E-state index contributed by atoms with van der Waals surface area (Å²) in [5.74, 6) is 0.489. The van der Waals surface area contributed by atoms with Crippen LogP contribution in [-0.4, -0.2) is 22.8 Å². The molecule has 148 valence electrons. The lowest BCUT2D eigenvalue weighted by molar-refractivity contribution is 0.266. The Hall–Kier alpha value is -3.31. The minimum Gasteiger partial charge on any atom is -0.490 e. The van der Waals surface area contributed by atoms with Crippen LogP contribution in [-0.2, 0) is 6.61 Å². The summed E-state index contributed by atoms with van der Waals surface area (Å²) >= 11 is 1.27. The molecular formula is C21H18FN3O3S. The maximum Gasteiger partial charge on any atom is 0.270 e. The fourth-order valence-electron chi connectivity index (χ4n) is 2.68. The van der Waals surface area contributed by atoms with Gasteiger partial charge in [0, 0.05) is 11.1 Å². The first-order valence-corrected chi connectivity index (χ1v) is 10.0. The van der Waals surface area contributed by atoms with E-state index in [9.17, 15) is 14.4 Å². The monoisotopic (exact) mass is 411 g/mol. The summed E-state index contributed by atoms with van der Waals surface area (Å²) in [6, 6.07) is 13.3. The molecule has 0 bridgehead atoms. The number of hydrogen-bond donors (Lipinski definition) is 1. The highest BCUT2D eigenvalue weighted by molar-refractivity contribution is 7.98. The Morgan fingerprint density at radius 2 is 2.00 bits per heavy atom. The topological polar surface area (TPSA) is 88.0 Å². The van der Waals surface area contributed by atoms with Crippen molar-refractivity contribution in [2.45, 2.75) is 18.7 Å². The molecule has 0 spiro atoms. The molecule has 0 unspecified atom stereocenters. The molecule has 0 saturated carbocycles. The summed E-state index contributed by atoms with van der Waals surface area (Å²) in [5.41, 5.74) is 0.656. The Balaban J connectivity index is 1.99. The molecule has 1 heterocycles. The number of ether oxygens (including phenoxy) is 2. The van der Waals surface area contributed by atoms with Crippen molar-refractivity contribution in [3.8, 4) is 28.8 Å². The molecule has 0 aliphatic carbocycles. The van der Waals surface area contributed by atoms with Gasteiger partial charge in [0.2, 0.25) is 0 Å². The van der Waals surface area contributed by atoms with E-state index in [1.165, 1.54) is 17.8 Å². The van der Waals surface area contributed by atoms with Crippen molar-refractivity contribution in [1.29, 1.82) is 5.26 Å². The third-order valence-electron chi connectivity index (χ3n) is 4.06. The number of hydrogen-bond acceptors (Lipinski definition) is 6. The second kappa shape index (κ2) is 9.26. The number of thioether (sulfide) groups is 1. The van der Waals surface area contributed by atoms with Crippen LogP contribution in [0.2, 0.25) is 0 Å². The van der Waals surface area contributed by atoms with Gasteiger partial charge in [-0.15, -0.1) is 0 Å². The molecule has 1 aromatic heterocycles. The first kappa shape index (κ1) is 20.4. The van der Waals surface area contributed by atoms with Gasteiger partial charge in [0.25, 0.3) is 5.56 Å². The molecule has 3 aromatic rings. The number of nitriles is 1. The van der Waals surface area contributed by atoms with Crippen LogP contribution in [0.1, 0.15) is 18.1 Å². The highest BCUT2D eigenvalue weighted by Gasteiger charge is 2.16. The molecule has 0 amide bonds. The fourth-order valence-corrected chi connectivity index (χ4v) is 3.05. The molecule has 0 aliphatic heterocycles. The van der Waals surface area contributed by atoms with Gasteiger partial charge in [-0.1, -0.05) is 30.0 Å². The molecule has 8 heteroatoms. The van der Waals surface area contributed by atoms with Gasteiger partial charge in [0.15, 0.2) is 16.7 Å². The summed E-state index contributed by atoms with van der Waals surface area (Å²) in [4.78, 5) is 19.1. The van der Waals surface area contributed by atoms with E-state index in [-0.39, 0.29) is 23.7 Å². The Morgan fingerprint density at radius 1 is 1.21 bits per heavy atom. The molecule has 29 heavy (non-hydrogen) atoms. The summed E-state index contributed by atoms with van der Waals surface area (Å²) in [5, 5.41) is 9.78. The Morgan fingerprint density at radius 3 is 2.69 bits per heavy atom. The summed E-state index contributed by atoms with van der Waals surface area (Å²) in [6.07, 6.45) is 1.78. The van der Waals surface area contributed by atoms with Gasteiger partial charge in [0.05, 0.1) is 12.3 Å². The highest BCUT2D eigenvalue weighted by atomic mass is 32.2. The zero-order chi connectivity index (χ0) is 20.8. The van der Waals surface area contributed by atoms with Gasteiger partial charge in [-0.25, -0.2) is 9.37 Å². The maximum absolute atomic E-state index is 13.8. The van der Waals surface area contributed by atoms with Crippen LogP contribution in [0.3, 0.4) is 0 Å². The van der Waals surface area contributed by atoms with Gasteiger partial charge in [-0.3, -0.25) is 4.79 Å². The van der Waals surface area contributed by atoms with E-state index < -0.39 is 5.56 Å². The minimum absolute atomic E-state index is 0.0371. The SMILES string of the molecule is CCOc1cc(-c2nc(SC)[nH]c(=O)c2C#N)ccc1OCc1ccccc1F. The molecule has 0 radical (unpaired) electrons. The van der Waals surface area contributed by atoms with E-state index in [1.54, 1.807) is 42.7 Å². The van der Waals surface area contributed by atoms with E-state index in [2.05, 4.69) is 9.97 Å².